The number of benzene rings is 1. The lowest BCUT2D eigenvalue weighted by Gasteiger charge is -2.21. The van der Waals surface area contributed by atoms with Gasteiger partial charge in [-0.1, -0.05) is 24.3 Å². The molecule has 0 aliphatic heterocycles. The highest BCUT2D eigenvalue weighted by Gasteiger charge is 2.11. The van der Waals surface area contributed by atoms with Gasteiger partial charge in [0.05, 0.1) is 6.10 Å². The average molecular weight is 250 g/mol. The van der Waals surface area contributed by atoms with Crippen molar-refractivity contribution in [1.29, 1.82) is 0 Å². The molecule has 2 atom stereocenters. The Hall–Kier alpha value is -0.900. The monoisotopic (exact) mass is 250 g/mol. The molecule has 1 aromatic rings. The molecule has 0 fully saturated rings. The minimum Gasteiger partial charge on any atom is -0.380 e. The molecule has 0 bridgehead atoms. The quantitative estimate of drug-likeness (QED) is 0.803. The van der Waals surface area contributed by atoms with Crippen LogP contribution in [0.15, 0.2) is 24.3 Å². The van der Waals surface area contributed by atoms with Crippen LogP contribution in [0.2, 0.25) is 0 Å². The summed E-state index contributed by atoms with van der Waals surface area (Å²) in [5, 5.41) is 3.52. The summed E-state index contributed by atoms with van der Waals surface area (Å²) in [6.45, 7) is 6.11. The van der Waals surface area contributed by atoms with E-state index in [1.165, 1.54) is 11.1 Å². The first-order chi connectivity index (χ1) is 8.54. The van der Waals surface area contributed by atoms with Crippen LogP contribution in [-0.2, 0) is 17.8 Å². The average Bonchev–Trinajstić information content (AvgIpc) is 2.35. The Bertz CT molecular complexity index is 352. The van der Waals surface area contributed by atoms with Crippen LogP contribution in [-0.4, -0.2) is 38.3 Å². The van der Waals surface area contributed by atoms with Gasteiger partial charge in [-0.2, -0.15) is 0 Å². The molecule has 2 unspecified atom stereocenters. The summed E-state index contributed by atoms with van der Waals surface area (Å²) < 4.78 is 5.32. The second-order valence-corrected chi connectivity index (χ2v) is 5.12. The standard InChI is InChI=1S/C15H26N2O/c1-12(13(2)18-5)16-10-14-8-6-7-9-15(14)11-17(3)4/h6-9,12-13,16H,10-11H2,1-5H3. The minimum absolute atomic E-state index is 0.228. The van der Waals surface area contributed by atoms with E-state index >= 15 is 0 Å². The SMILES string of the molecule is COC(C)C(C)NCc1ccccc1CN(C)C. The van der Waals surface area contributed by atoms with Gasteiger partial charge in [0, 0.05) is 26.2 Å². The Kier molecular flexibility index (Phi) is 6.33. The van der Waals surface area contributed by atoms with Gasteiger partial charge >= 0.3 is 0 Å². The Balaban J connectivity index is 2.61. The van der Waals surface area contributed by atoms with Gasteiger partial charge in [-0.05, 0) is 39.1 Å². The molecule has 18 heavy (non-hydrogen) atoms. The van der Waals surface area contributed by atoms with E-state index < -0.39 is 0 Å². The maximum atomic E-state index is 5.32. The van der Waals surface area contributed by atoms with Gasteiger partial charge in [-0.25, -0.2) is 0 Å². The zero-order chi connectivity index (χ0) is 13.5. The molecule has 1 N–H and O–H groups in total. The molecule has 0 saturated heterocycles. The maximum absolute atomic E-state index is 5.32. The van der Waals surface area contributed by atoms with Crippen molar-refractivity contribution in [3.05, 3.63) is 35.4 Å². The number of nitrogens with zero attached hydrogens (tertiary/aromatic N) is 1. The second-order valence-electron chi connectivity index (χ2n) is 5.12. The molecule has 0 aliphatic rings. The van der Waals surface area contributed by atoms with Gasteiger partial charge in [0.15, 0.2) is 0 Å². The molecule has 0 aliphatic carbocycles. The van der Waals surface area contributed by atoms with E-state index in [-0.39, 0.29) is 6.10 Å². The maximum Gasteiger partial charge on any atom is 0.0693 e. The number of nitrogens with one attached hydrogen (secondary N) is 1. The Morgan fingerprint density at radius 2 is 1.78 bits per heavy atom. The number of methoxy groups -OCH3 is 1. The molecule has 1 rings (SSSR count). The lowest BCUT2D eigenvalue weighted by Crippen LogP contribution is -2.36. The topological polar surface area (TPSA) is 24.5 Å². The third kappa shape index (κ3) is 4.77. The van der Waals surface area contributed by atoms with Crippen LogP contribution in [0.1, 0.15) is 25.0 Å². The van der Waals surface area contributed by atoms with Gasteiger partial charge in [0.1, 0.15) is 0 Å². The van der Waals surface area contributed by atoms with E-state index in [4.69, 9.17) is 4.74 Å². The van der Waals surface area contributed by atoms with Crippen LogP contribution in [0.4, 0.5) is 0 Å². The molecule has 3 heteroatoms. The smallest absolute Gasteiger partial charge is 0.0693 e. The van der Waals surface area contributed by atoms with Crippen molar-refractivity contribution in [3.8, 4) is 0 Å². The van der Waals surface area contributed by atoms with Gasteiger partial charge in [-0.3, -0.25) is 0 Å². The molecular weight excluding hydrogens is 224 g/mol. The molecular formula is C15H26N2O. The largest absolute Gasteiger partial charge is 0.380 e. The number of ether oxygens (including phenoxy) is 1. The van der Waals surface area contributed by atoms with Gasteiger partial charge in [0.2, 0.25) is 0 Å². The summed E-state index contributed by atoms with van der Waals surface area (Å²) in [5.41, 5.74) is 2.74. The zero-order valence-corrected chi connectivity index (χ0v) is 12.2. The van der Waals surface area contributed by atoms with Crippen LogP contribution in [0, 0.1) is 0 Å². The highest BCUT2D eigenvalue weighted by atomic mass is 16.5. The van der Waals surface area contributed by atoms with E-state index in [9.17, 15) is 0 Å². The van der Waals surface area contributed by atoms with Crippen LogP contribution in [0.25, 0.3) is 0 Å². The molecule has 0 amide bonds. The predicted molar refractivity (Wildman–Crippen MR) is 76.6 cm³/mol. The Morgan fingerprint density at radius 3 is 2.33 bits per heavy atom. The van der Waals surface area contributed by atoms with Crippen molar-refractivity contribution in [1.82, 2.24) is 10.2 Å². The number of rotatable bonds is 7. The summed E-state index contributed by atoms with van der Waals surface area (Å²) in [4.78, 5) is 2.19. The molecule has 0 saturated carbocycles. The van der Waals surface area contributed by atoms with E-state index in [1.807, 2.05) is 0 Å². The number of hydrogen-bond donors (Lipinski definition) is 1. The first-order valence-electron chi connectivity index (χ1n) is 6.52. The van der Waals surface area contributed by atoms with Crippen LogP contribution in [0.3, 0.4) is 0 Å². The predicted octanol–water partition coefficient (Wildman–Crippen LogP) is 2.26. The fourth-order valence-electron chi connectivity index (χ4n) is 1.87. The highest BCUT2D eigenvalue weighted by molar-refractivity contribution is 5.26. The van der Waals surface area contributed by atoms with Gasteiger partial charge in [0.25, 0.3) is 0 Å². The zero-order valence-electron chi connectivity index (χ0n) is 12.2. The summed E-state index contributed by atoms with van der Waals surface area (Å²) in [6, 6.07) is 8.93. The summed E-state index contributed by atoms with van der Waals surface area (Å²) >= 11 is 0. The molecule has 102 valence electrons. The third-order valence-corrected chi connectivity index (χ3v) is 3.30. The van der Waals surface area contributed by atoms with Crippen LogP contribution >= 0.6 is 0 Å². The minimum atomic E-state index is 0.228. The molecule has 0 radical (unpaired) electrons. The van der Waals surface area contributed by atoms with Gasteiger partial charge in [-0.15, -0.1) is 0 Å². The Morgan fingerprint density at radius 1 is 1.17 bits per heavy atom. The summed E-state index contributed by atoms with van der Waals surface area (Å²) in [7, 11) is 5.95. The molecule has 1 aromatic carbocycles. The Labute approximate surface area is 111 Å². The number of hydrogen-bond acceptors (Lipinski definition) is 3. The molecule has 3 nitrogen and oxygen atoms in total. The van der Waals surface area contributed by atoms with Gasteiger partial charge < -0.3 is 15.0 Å². The van der Waals surface area contributed by atoms with E-state index in [1.54, 1.807) is 7.11 Å². The van der Waals surface area contributed by atoms with Crippen molar-refractivity contribution >= 4 is 0 Å². The molecule has 0 aromatic heterocycles. The van der Waals surface area contributed by atoms with Crippen LogP contribution in [0.5, 0.6) is 0 Å². The van der Waals surface area contributed by atoms with E-state index in [0.29, 0.717) is 6.04 Å². The normalized spacial score (nSPS) is 14.8. The van der Waals surface area contributed by atoms with E-state index in [0.717, 1.165) is 13.1 Å². The van der Waals surface area contributed by atoms with Crippen molar-refractivity contribution in [2.75, 3.05) is 21.2 Å². The lowest BCUT2D eigenvalue weighted by atomic mass is 10.1. The summed E-state index contributed by atoms with van der Waals surface area (Å²) in [6.07, 6.45) is 0.228. The van der Waals surface area contributed by atoms with Crippen LogP contribution < -0.4 is 5.32 Å². The van der Waals surface area contributed by atoms with E-state index in [2.05, 4.69) is 62.4 Å². The highest BCUT2D eigenvalue weighted by Crippen LogP contribution is 2.11. The summed E-state index contributed by atoms with van der Waals surface area (Å²) in [5.74, 6) is 0. The van der Waals surface area contributed by atoms with Crippen molar-refractivity contribution < 1.29 is 4.74 Å². The van der Waals surface area contributed by atoms with Crippen molar-refractivity contribution in [2.24, 2.45) is 0 Å². The fourth-order valence-corrected chi connectivity index (χ4v) is 1.87. The van der Waals surface area contributed by atoms with Crippen molar-refractivity contribution in [3.63, 3.8) is 0 Å². The third-order valence-electron chi connectivity index (χ3n) is 3.30. The fraction of sp³-hybridized carbons (Fsp3) is 0.600. The first-order valence-corrected chi connectivity index (χ1v) is 6.52. The molecule has 0 spiro atoms. The lowest BCUT2D eigenvalue weighted by molar-refractivity contribution is 0.0882. The second kappa shape index (κ2) is 7.52. The first kappa shape index (κ1) is 15.2. The van der Waals surface area contributed by atoms with Crippen molar-refractivity contribution in [2.45, 2.75) is 39.1 Å². The molecule has 0 heterocycles.